The van der Waals surface area contributed by atoms with Crippen LogP contribution in [0, 0.1) is 35.3 Å². The first-order chi connectivity index (χ1) is 15.2. The molecule has 32 heavy (non-hydrogen) atoms. The van der Waals surface area contributed by atoms with Gasteiger partial charge in [0.15, 0.2) is 0 Å². The van der Waals surface area contributed by atoms with Crippen LogP contribution in [0.25, 0.3) is 10.8 Å². The predicted molar refractivity (Wildman–Crippen MR) is 106 cm³/mol. The second-order valence-corrected chi connectivity index (χ2v) is 8.73. The molecule has 1 aliphatic carbocycles. The van der Waals surface area contributed by atoms with Gasteiger partial charge in [0.2, 0.25) is 0 Å². The molecular weight excluding hydrogens is 431 g/mol. The lowest BCUT2D eigenvalue weighted by molar-refractivity contribution is -0.469. The molecule has 2 bridgehead atoms. The van der Waals surface area contributed by atoms with Crippen molar-refractivity contribution in [3.05, 3.63) is 47.0 Å². The highest BCUT2D eigenvalue weighted by Gasteiger charge is 2.51. The molecule has 0 radical (unpaired) electrons. The maximum atomic E-state index is 14.7. The Morgan fingerprint density at radius 1 is 0.906 bits per heavy atom. The van der Waals surface area contributed by atoms with Crippen molar-refractivity contribution in [2.24, 2.45) is 11.8 Å². The van der Waals surface area contributed by atoms with E-state index in [1.165, 1.54) is 6.07 Å². The Morgan fingerprint density at radius 2 is 1.56 bits per heavy atom. The largest absolute Gasteiger partial charge is 0.458 e. The molecule has 8 heteroatoms. The van der Waals surface area contributed by atoms with E-state index in [0.717, 1.165) is 43.2 Å². The predicted octanol–water partition coefficient (Wildman–Crippen LogP) is 5.65. The zero-order valence-electron chi connectivity index (χ0n) is 17.1. The van der Waals surface area contributed by atoms with Crippen LogP contribution in [0.15, 0.2) is 24.3 Å². The van der Waals surface area contributed by atoms with Crippen LogP contribution in [0.3, 0.4) is 0 Å². The summed E-state index contributed by atoms with van der Waals surface area (Å²) in [6.07, 6.45) is -1.46. The molecule has 2 aromatic carbocycles. The third-order valence-electron chi connectivity index (χ3n) is 6.64. The second kappa shape index (κ2) is 7.98. The first kappa shape index (κ1) is 21.6. The molecule has 3 nitrogen and oxygen atoms in total. The van der Waals surface area contributed by atoms with Gasteiger partial charge in [-0.05, 0) is 48.6 Å². The Kier molecular flexibility index (Phi) is 5.39. The van der Waals surface area contributed by atoms with Crippen molar-refractivity contribution in [2.75, 3.05) is 19.8 Å². The Labute approximate surface area is 181 Å². The fourth-order valence-corrected chi connectivity index (χ4v) is 4.96. The average molecular weight is 452 g/mol. The molecular formula is C24H21F5O3. The van der Waals surface area contributed by atoms with Gasteiger partial charge in [0.1, 0.15) is 11.6 Å². The molecule has 3 aliphatic heterocycles. The van der Waals surface area contributed by atoms with E-state index >= 15 is 0 Å². The number of benzene rings is 2. The quantitative estimate of drug-likeness (QED) is 0.435. The second-order valence-electron chi connectivity index (χ2n) is 8.73. The molecule has 0 spiro atoms. The van der Waals surface area contributed by atoms with E-state index in [1.54, 1.807) is 18.1 Å². The van der Waals surface area contributed by atoms with Crippen molar-refractivity contribution >= 4 is 10.8 Å². The van der Waals surface area contributed by atoms with Crippen LogP contribution in [-0.2, 0) is 14.2 Å². The highest BCUT2D eigenvalue weighted by atomic mass is 19.4. The molecule has 0 amide bonds. The average Bonchev–Trinajstić information content (AvgIpc) is 2.79. The van der Waals surface area contributed by atoms with Gasteiger partial charge < -0.3 is 14.2 Å². The smallest absolute Gasteiger partial charge is 0.327 e. The first-order valence-corrected chi connectivity index (χ1v) is 10.7. The molecule has 0 N–H and O–H groups in total. The van der Waals surface area contributed by atoms with E-state index in [4.69, 9.17) is 14.2 Å². The van der Waals surface area contributed by atoms with Crippen LogP contribution in [0.5, 0.6) is 0 Å². The van der Waals surface area contributed by atoms with Crippen molar-refractivity contribution in [3.8, 4) is 11.8 Å². The normalized spacial score (nSPS) is 30.2. The molecule has 0 atom stereocenters. The SMILES string of the molecule is Fc1cc2cc(C3CCC(C45OCC(CO4)CO5)CC3)ccc2c(F)c1C#CC(F)(F)F. The maximum absolute atomic E-state index is 14.7. The lowest BCUT2D eigenvalue weighted by Crippen LogP contribution is -2.58. The Morgan fingerprint density at radius 3 is 2.19 bits per heavy atom. The molecule has 0 unspecified atom stereocenters. The summed E-state index contributed by atoms with van der Waals surface area (Å²) >= 11 is 0. The molecule has 2 aromatic rings. The number of halogens is 5. The summed E-state index contributed by atoms with van der Waals surface area (Å²) in [7, 11) is 0. The van der Waals surface area contributed by atoms with E-state index in [0.29, 0.717) is 31.1 Å². The van der Waals surface area contributed by atoms with Gasteiger partial charge in [0.25, 0.3) is 5.97 Å². The molecule has 1 saturated carbocycles. The molecule has 6 rings (SSSR count). The van der Waals surface area contributed by atoms with Crippen molar-refractivity contribution in [1.29, 1.82) is 0 Å². The summed E-state index contributed by atoms with van der Waals surface area (Å²) in [5.41, 5.74) is 0.0704. The lowest BCUT2D eigenvalue weighted by Gasteiger charge is -2.50. The number of hydrogen-bond donors (Lipinski definition) is 0. The van der Waals surface area contributed by atoms with Gasteiger partial charge in [-0.15, -0.1) is 0 Å². The van der Waals surface area contributed by atoms with Crippen LogP contribution < -0.4 is 0 Å². The summed E-state index contributed by atoms with van der Waals surface area (Å²) in [6.45, 7) is 1.95. The number of rotatable bonds is 2. The van der Waals surface area contributed by atoms with E-state index in [9.17, 15) is 22.0 Å². The first-order valence-electron chi connectivity index (χ1n) is 10.7. The molecule has 4 fully saturated rings. The Balaban J connectivity index is 1.35. The summed E-state index contributed by atoms with van der Waals surface area (Å²) < 4.78 is 83.6. The number of alkyl halides is 3. The highest BCUT2D eigenvalue weighted by molar-refractivity contribution is 5.85. The van der Waals surface area contributed by atoms with E-state index in [-0.39, 0.29) is 17.2 Å². The minimum Gasteiger partial charge on any atom is -0.327 e. The maximum Gasteiger partial charge on any atom is 0.458 e. The van der Waals surface area contributed by atoms with Crippen LogP contribution in [0.1, 0.15) is 42.7 Å². The van der Waals surface area contributed by atoms with E-state index in [2.05, 4.69) is 0 Å². The van der Waals surface area contributed by atoms with Gasteiger partial charge in [-0.1, -0.05) is 24.1 Å². The van der Waals surface area contributed by atoms with Gasteiger partial charge in [-0.2, -0.15) is 13.2 Å². The fraction of sp³-hybridized carbons (Fsp3) is 0.500. The molecule has 4 aliphatic rings. The Hall–Kier alpha value is -2.21. The number of fused-ring (bicyclic) bond motifs is 4. The summed E-state index contributed by atoms with van der Waals surface area (Å²) in [5.74, 6) is 0.00730. The summed E-state index contributed by atoms with van der Waals surface area (Å²) in [5, 5.41) is 0.347. The van der Waals surface area contributed by atoms with E-state index < -0.39 is 29.3 Å². The summed E-state index contributed by atoms with van der Waals surface area (Å²) in [6, 6.07) is 5.99. The zero-order chi connectivity index (χ0) is 22.5. The van der Waals surface area contributed by atoms with Crippen molar-refractivity contribution in [3.63, 3.8) is 0 Å². The fourth-order valence-electron chi connectivity index (χ4n) is 4.96. The highest BCUT2D eigenvalue weighted by Crippen LogP contribution is 2.46. The third kappa shape index (κ3) is 3.98. The number of hydrogen-bond acceptors (Lipinski definition) is 3. The van der Waals surface area contributed by atoms with Crippen molar-refractivity contribution in [2.45, 2.75) is 43.8 Å². The third-order valence-corrected chi connectivity index (χ3v) is 6.64. The van der Waals surface area contributed by atoms with Crippen LogP contribution in [0.2, 0.25) is 0 Å². The Bertz CT molecular complexity index is 1070. The van der Waals surface area contributed by atoms with Crippen LogP contribution in [-0.4, -0.2) is 32.0 Å². The molecule has 3 saturated heterocycles. The number of ether oxygens (including phenoxy) is 3. The minimum absolute atomic E-state index is 0.0448. The zero-order valence-corrected chi connectivity index (χ0v) is 17.1. The standard InChI is InChI=1S/C24H21F5O3/c25-21-10-17-9-16(3-6-19(17)22(26)20(21)7-8-23(27,28)29)15-1-4-18(5-2-15)24-30-11-14(12-31-24)13-32-24/h3,6,9-10,14-15,18H,1-2,4-5,11-13H2. The van der Waals surface area contributed by atoms with Crippen molar-refractivity contribution in [1.82, 2.24) is 0 Å². The monoisotopic (exact) mass is 452 g/mol. The van der Waals surface area contributed by atoms with Crippen molar-refractivity contribution < 1.29 is 36.2 Å². The van der Waals surface area contributed by atoms with Gasteiger partial charge in [0.05, 0.1) is 25.4 Å². The molecule has 170 valence electrons. The van der Waals surface area contributed by atoms with Crippen LogP contribution in [0.4, 0.5) is 22.0 Å². The summed E-state index contributed by atoms with van der Waals surface area (Å²) in [4.78, 5) is 0. The van der Waals surface area contributed by atoms with Gasteiger partial charge in [-0.3, -0.25) is 0 Å². The topological polar surface area (TPSA) is 27.7 Å². The van der Waals surface area contributed by atoms with E-state index in [1.807, 2.05) is 0 Å². The van der Waals surface area contributed by atoms with Crippen LogP contribution >= 0.6 is 0 Å². The van der Waals surface area contributed by atoms with Gasteiger partial charge in [-0.25, -0.2) is 8.78 Å². The molecule has 0 aromatic heterocycles. The van der Waals surface area contributed by atoms with Gasteiger partial charge >= 0.3 is 6.18 Å². The molecule has 3 heterocycles. The minimum atomic E-state index is -4.83. The lowest BCUT2D eigenvalue weighted by atomic mass is 9.77. The van der Waals surface area contributed by atoms with Gasteiger partial charge in [0, 0.05) is 23.1 Å².